The van der Waals surface area contributed by atoms with Gasteiger partial charge in [-0.25, -0.2) is 9.97 Å². The van der Waals surface area contributed by atoms with Gasteiger partial charge in [0.15, 0.2) is 0 Å². The van der Waals surface area contributed by atoms with Crippen molar-refractivity contribution >= 4 is 15.9 Å². The summed E-state index contributed by atoms with van der Waals surface area (Å²) in [6, 6.07) is 0.455. The van der Waals surface area contributed by atoms with E-state index in [-0.39, 0.29) is 0 Å². The predicted molar refractivity (Wildman–Crippen MR) is 56.6 cm³/mol. The zero-order valence-electron chi connectivity index (χ0n) is 7.92. The third kappa shape index (κ3) is 3.40. The first-order chi connectivity index (χ1) is 6.24. The van der Waals surface area contributed by atoms with Gasteiger partial charge in [0.2, 0.25) is 0 Å². The normalized spacial score (nSPS) is 12.8. The van der Waals surface area contributed by atoms with Gasteiger partial charge < -0.3 is 5.32 Å². The molecule has 1 aromatic rings. The molecular formula is C9H14BrN3. The van der Waals surface area contributed by atoms with Crippen molar-refractivity contribution in [1.82, 2.24) is 15.3 Å². The van der Waals surface area contributed by atoms with E-state index in [2.05, 4.69) is 45.1 Å². The maximum atomic E-state index is 4.20. The molecule has 3 nitrogen and oxygen atoms in total. The highest BCUT2D eigenvalue weighted by Crippen LogP contribution is 2.13. The Morgan fingerprint density at radius 3 is 3.00 bits per heavy atom. The molecule has 1 rings (SSSR count). The van der Waals surface area contributed by atoms with Crippen LogP contribution in [0.2, 0.25) is 0 Å². The minimum Gasteiger partial charge on any atom is -0.314 e. The predicted octanol–water partition coefficient (Wildman–Crippen LogP) is 1.78. The summed E-state index contributed by atoms with van der Waals surface area (Å²) in [6.45, 7) is 5.24. The van der Waals surface area contributed by atoms with Crippen molar-refractivity contribution in [2.45, 2.75) is 26.3 Å². The molecule has 1 unspecified atom stereocenters. The summed E-state index contributed by atoms with van der Waals surface area (Å²) in [6.07, 6.45) is 4.29. The van der Waals surface area contributed by atoms with E-state index in [1.807, 2.05) is 0 Å². The lowest BCUT2D eigenvalue weighted by Crippen LogP contribution is -2.28. The van der Waals surface area contributed by atoms with Crippen molar-refractivity contribution in [3.63, 3.8) is 0 Å². The Morgan fingerprint density at radius 2 is 2.38 bits per heavy atom. The Kier molecular flexibility index (Phi) is 4.32. The minimum atomic E-state index is 0.455. The van der Waals surface area contributed by atoms with Gasteiger partial charge in [0.25, 0.3) is 0 Å². The van der Waals surface area contributed by atoms with Crippen molar-refractivity contribution in [3.05, 3.63) is 22.7 Å². The average Bonchev–Trinajstić information content (AvgIpc) is 2.09. The fraction of sp³-hybridized carbons (Fsp3) is 0.556. The molecule has 0 radical (unpaired) electrons. The van der Waals surface area contributed by atoms with Gasteiger partial charge >= 0.3 is 0 Å². The molecule has 13 heavy (non-hydrogen) atoms. The van der Waals surface area contributed by atoms with Crippen LogP contribution in [-0.2, 0) is 6.42 Å². The number of likely N-dealkylation sites (N-methyl/N-ethyl adjacent to an activating group) is 1. The molecule has 72 valence electrons. The van der Waals surface area contributed by atoms with E-state index < -0.39 is 0 Å². The Morgan fingerprint density at radius 1 is 1.62 bits per heavy atom. The minimum absolute atomic E-state index is 0.455. The summed E-state index contributed by atoms with van der Waals surface area (Å²) in [5.41, 5.74) is 1.06. The van der Waals surface area contributed by atoms with Crippen LogP contribution in [0, 0.1) is 0 Å². The molecule has 0 aliphatic rings. The Labute approximate surface area is 87.1 Å². The van der Waals surface area contributed by atoms with Gasteiger partial charge in [-0.2, -0.15) is 0 Å². The monoisotopic (exact) mass is 243 g/mol. The van der Waals surface area contributed by atoms with Crippen LogP contribution < -0.4 is 5.32 Å². The molecule has 0 aliphatic carbocycles. The van der Waals surface area contributed by atoms with Gasteiger partial charge in [0.05, 0.1) is 10.2 Å². The third-order valence-electron chi connectivity index (χ3n) is 1.80. The van der Waals surface area contributed by atoms with Crippen LogP contribution in [-0.4, -0.2) is 22.6 Å². The second-order valence-electron chi connectivity index (χ2n) is 2.98. The number of nitrogens with one attached hydrogen (secondary N) is 1. The van der Waals surface area contributed by atoms with Gasteiger partial charge in [-0.05, 0) is 29.4 Å². The SMILES string of the molecule is CCNC(C)Cc1ncncc1Br. The summed E-state index contributed by atoms with van der Waals surface area (Å²) in [7, 11) is 0. The molecule has 4 heteroatoms. The maximum absolute atomic E-state index is 4.20. The zero-order chi connectivity index (χ0) is 9.68. The molecule has 0 aromatic carbocycles. The molecule has 0 aliphatic heterocycles. The van der Waals surface area contributed by atoms with E-state index in [0.717, 1.165) is 23.1 Å². The van der Waals surface area contributed by atoms with Crippen molar-refractivity contribution < 1.29 is 0 Å². The number of rotatable bonds is 4. The average molecular weight is 244 g/mol. The molecule has 0 amide bonds. The van der Waals surface area contributed by atoms with Crippen LogP contribution >= 0.6 is 15.9 Å². The Hall–Kier alpha value is -0.480. The number of hydrogen-bond donors (Lipinski definition) is 1. The summed E-state index contributed by atoms with van der Waals surface area (Å²) < 4.78 is 0.986. The van der Waals surface area contributed by atoms with Crippen LogP contribution in [0.4, 0.5) is 0 Å². The Balaban J connectivity index is 2.58. The zero-order valence-corrected chi connectivity index (χ0v) is 9.50. The molecule has 1 heterocycles. The highest BCUT2D eigenvalue weighted by Gasteiger charge is 2.05. The summed E-state index contributed by atoms with van der Waals surface area (Å²) in [5, 5.41) is 3.34. The van der Waals surface area contributed by atoms with Crippen LogP contribution in [0.1, 0.15) is 19.5 Å². The largest absolute Gasteiger partial charge is 0.314 e. The molecule has 0 spiro atoms. The number of aromatic nitrogens is 2. The lowest BCUT2D eigenvalue weighted by atomic mass is 10.2. The standard InChI is InChI=1S/C9H14BrN3/c1-3-12-7(2)4-9-8(10)5-11-6-13-9/h5-7,12H,3-4H2,1-2H3. The number of hydrogen-bond acceptors (Lipinski definition) is 3. The van der Waals surface area contributed by atoms with Gasteiger partial charge in [-0.3, -0.25) is 0 Å². The van der Waals surface area contributed by atoms with Crippen molar-refractivity contribution in [2.24, 2.45) is 0 Å². The van der Waals surface area contributed by atoms with Gasteiger partial charge in [0.1, 0.15) is 6.33 Å². The first kappa shape index (κ1) is 10.6. The molecule has 1 aromatic heterocycles. The van der Waals surface area contributed by atoms with Crippen molar-refractivity contribution in [3.8, 4) is 0 Å². The van der Waals surface area contributed by atoms with Gasteiger partial charge in [0, 0.05) is 18.7 Å². The highest BCUT2D eigenvalue weighted by molar-refractivity contribution is 9.10. The molecular weight excluding hydrogens is 230 g/mol. The van der Waals surface area contributed by atoms with Crippen LogP contribution in [0.15, 0.2) is 17.0 Å². The maximum Gasteiger partial charge on any atom is 0.115 e. The van der Waals surface area contributed by atoms with Crippen LogP contribution in [0.5, 0.6) is 0 Å². The van der Waals surface area contributed by atoms with E-state index in [4.69, 9.17) is 0 Å². The third-order valence-corrected chi connectivity index (χ3v) is 2.46. The van der Waals surface area contributed by atoms with E-state index in [0.29, 0.717) is 6.04 Å². The van der Waals surface area contributed by atoms with E-state index in [1.165, 1.54) is 0 Å². The smallest absolute Gasteiger partial charge is 0.115 e. The molecule has 1 atom stereocenters. The second-order valence-corrected chi connectivity index (χ2v) is 3.83. The molecule has 0 fully saturated rings. The molecule has 0 bridgehead atoms. The quantitative estimate of drug-likeness (QED) is 0.877. The Bertz CT molecular complexity index is 265. The van der Waals surface area contributed by atoms with Gasteiger partial charge in [-0.15, -0.1) is 0 Å². The topological polar surface area (TPSA) is 37.8 Å². The highest BCUT2D eigenvalue weighted by atomic mass is 79.9. The molecule has 0 saturated heterocycles. The first-order valence-corrected chi connectivity index (χ1v) is 5.21. The van der Waals surface area contributed by atoms with Crippen LogP contribution in [0.25, 0.3) is 0 Å². The van der Waals surface area contributed by atoms with Gasteiger partial charge in [-0.1, -0.05) is 6.92 Å². The summed E-state index contributed by atoms with van der Waals surface area (Å²) >= 11 is 3.42. The molecule has 0 saturated carbocycles. The van der Waals surface area contributed by atoms with E-state index >= 15 is 0 Å². The number of nitrogens with zero attached hydrogens (tertiary/aromatic N) is 2. The first-order valence-electron chi connectivity index (χ1n) is 4.41. The fourth-order valence-electron chi connectivity index (χ4n) is 1.20. The molecule has 1 N–H and O–H groups in total. The lowest BCUT2D eigenvalue weighted by Gasteiger charge is -2.11. The second kappa shape index (κ2) is 5.29. The summed E-state index contributed by atoms with van der Waals surface area (Å²) in [4.78, 5) is 8.12. The lowest BCUT2D eigenvalue weighted by molar-refractivity contribution is 0.558. The van der Waals surface area contributed by atoms with Crippen LogP contribution in [0.3, 0.4) is 0 Å². The number of halogens is 1. The summed E-state index contributed by atoms with van der Waals surface area (Å²) in [5.74, 6) is 0. The van der Waals surface area contributed by atoms with E-state index in [9.17, 15) is 0 Å². The van der Waals surface area contributed by atoms with E-state index in [1.54, 1.807) is 12.5 Å². The van der Waals surface area contributed by atoms with Crippen molar-refractivity contribution in [2.75, 3.05) is 6.54 Å². The fourth-order valence-corrected chi connectivity index (χ4v) is 1.58. The van der Waals surface area contributed by atoms with Crippen molar-refractivity contribution in [1.29, 1.82) is 0 Å².